The zero-order chi connectivity index (χ0) is 13.4. The summed E-state index contributed by atoms with van der Waals surface area (Å²) in [6.07, 6.45) is 5.57. The van der Waals surface area contributed by atoms with Gasteiger partial charge in [-0.1, -0.05) is 19.8 Å². The minimum Gasteiger partial charge on any atom is -0.368 e. The van der Waals surface area contributed by atoms with Crippen molar-refractivity contribution in [3.63, 3.8) is 0 Å². The van der Waals surface area contributed by atoms with Crippen LogP contribution in [0.3, 0.4) is 0 Å². The number of hydrogen-bond acceptors (Lipinski definition) is 3. The van der Waals surface area contributed by atoms with Gasteiger partial charge in [-0.2, -0.15) is 0 Å². The van der Waals surface area contributed by atoms with E-state index in [9.17, 15) is 9.59 Å². The second-order valence-electron chi connectivity index (χ2n) is 4.95. The Morgan fingerprint density at radius 2 is 2.17 bits per heavy atom. The van der Waals surface area contributed by atoms with Crippen LogP contribution in [0.4, 0.5) is 0 Å². The Bertz CT molecular complexity index is 275. The molecule has 1 unspecified atom stereocenters. The number of nitrogens with zero attached hydrogens (tertiary/aromatic N) is 1. The summed E-state index contributed by atoms with van der Waals surface area (Å²) in [6.45, 7) is 3.92. The lowest BCUT2D eigenvalue weighted by Gasteiger charge is -2.34. The Labute approximate surface area is 109 Å². The molecule has 0 aromatic heterocycles. The maximum Gasteiger partial charge on any atom is 0.237 e. The van der Waals surface area contributed by atoms with Gasteiger partial charge in [0.25, 0.3) is 0 Å². The Kier molecular flexibility index (Phi) is 6.72. The lowest BCUT2D eigenvalue weighted by atomic mass is 10.0. The van der Waals surface area contributed by atoms with Crippen LogP contribution in [0, 0.1) is 0 Å². The molecule has 0 spiro atoms. The lowest BCUT2D eigenvalue weighted by molar-refractivity contribution is -0.138. The molecule has 18 heavy (non-hydrogen) atoms. The predicted molar refractivity (Wildman–Crippen MR) is 70.9 cm³/mol. The summed E-state index contributed by atoms with van der Waals surface area (Å²) in [4.78, 5) is 24.9. The van der Waals surface area contributed by atoms with E-state index >= 15 is 0 Å². The summed E-state index contributed by atoms with van der Waals surface area (Å²) in [5.74, 6) is -0.361. The first-order valence-electron chi connectivity index (χ1n) is 6.93. The van der Waals surface area contributed by atoms with Gasteiger partial charge in [0.2, 0.25) is 11.8 Å². The summed E-state index contributed by atoms with van der Waals surface area (Å²) in [5, 5.41) is 3.26. The molecule has 3 N–H and O–H groups in total. The highest BCUT2D eigenvalue weighted by atomic mass is 16.2. The van der Waals surface area contributed by atoms with Gasteiger partial charge in [-0.3, -0.25) is 9.59 Å². The second kappa shape index (κ2) is 8.08. The molecule has 104 valence electrons. The van der Waals surface area contributed by atoms with E-state index in [-0.39, 0.29) is 18.5 Å². The maximum atomic E-state index is 12.1. The van der Waals surface area contributed by atoms with Gasteiger partial charge in [0, 0.05) is 19.0 Å². The van der Waals surface area contributed by atoms with E-state index in [1.807, 2.05) is 0 Å². The first-order chi connectivity index (χ1) is 8.65. The van der Waals surface area contributed by atoms with Gasteiger partial charge in [0.15, 0.2) is 0 Å². The van der Waals surface area contributed by atoms with Gasteiger partial charge >= 0.3 is 0 Å². The molecule has 1 aliphatic rings. The van der Waals surface area contributed by atoms with Crippen LogP contribution in [-0.4, -0.2) is 42.4 Å². The monoisotopic (exact) mass is 255 g/mol. The smallest absolute Gasteiger partial charge is 0.237 e. The van der Waals surface area contributed by atoms with Gasteiger partial charge in [-0.25, -0.2) is 0 Å². The summed E-state index contributed by atoms with van der Waals surface area (Å²) < 4.78 is 0. The van der Waals surface area contributed by atoms with Crippen molar-refractivity contribution in [2.45, 2.75) is 51.5 Å². The molecule has 1 fully saturated rings. The number of carbonyl (C=O) groups excluding carboxylic acids is 2. The molecule has 0 radical (unpaired) electrons. The Morgan fingerprint density at radius 1 is 1.39 bits per heavy atom. The third kappa shape index (κ3) is 5.04. The van der Waals surface area contributed by atoms with E-state index in [1.165, 1.54) is 0 Å². The minimum atomic E-state index is -0.426. The molecular weight excluding hydrogens is 230 g/mol. The topological polar surface area (TPSA) is 75.4 Å². The summed E-state index contributed by atoms with van der Waals surface area (Å²) in [6, 6.07) is 0.125. The van der Waals surface area contributed by atoms with Crippen LogP contribution in [0.25, 0.3) is 0 Å². The fourth-order valence-electron chi connectivity index (χ4n) is 2.36. The molecule has 1 heterocycles. The SMILES string of the molecule is CCCCCC(=O)N(CC(N)=O)C1CCCNC1. The van der Waals surface area contributed by atoms with Crippen molar-refractivity contribution in [1.29, 1.82) is 0 Å². The van der Waals surface area contributed by atoms with E-state index < -0.39 is 5.91 Å². The largest absolute Gasteiger partial charge is 0.368 e. The van der Waals surface area contributed by atoms with Gasteiger partial charge in [-0.15, -0.1) is 0 Å². The molecule has 5 nitrogen and oxygen atoms in total. The Hall–Kier alpha value is -1.10. The molecule has 0 bridgehead atoms. The van der Waals surface area contributed by atoms with Crippen molar-refractivity contribution in [2.75, 3.05) is 19.6 Å². The third-order valence-electron chi connectivity index (χ3n) is 3.35. The van der Waals surface area contributed by atoms with Crippen LogP contribution in [0.15, 0.2) is 0 Å². The fourth-order valence-corrected chi connectivity index (χ4v) is 2.36. The van der Waals surface area contributed by atoms with Gasteiger partial charge in [0.05, 0.1) is 6.54 Å². The van der Waals surface area contributed by atoms with Crippen LogP contribution in [0.2, 0.25) is 0 Å². The third-order valence-corrected chi connectivity index (χ3v) is 3.35. The molecule has 1 atom stereocenters. The number of nitrogens with one attached hydrogen (secondary N) is 1. The van der Waals surface area contributed by atoms with Crippen molar-refractivity contribution >= 4 is 11.8 Å². The summed E-state index contributed by atoms with van der Waals surface area (Å²) >= 11 is 0. The van der Waals surface area contributed by atoms with Gasteiger partial charge < -0.3 is 16.0 Å². The number of amides is 2. The van der Waals surface area contributed by atoms with Crippen molar-refractivity contribution in [2.24, 2.45) is 5.73 Å². The minimum absolute atomic E-state index is 0.0529. The molecule has 0 aromatic rings. The lowest BCUT2D eigenvalue weighted by Crippen LogP contribution is -2.51. The maximum absolute atomic E-state index is 12.1. The van der Waals surface area contributed by atoms with Gasteiger partial charge in [0.1, 0.15) is 0 Å². The average molecular weight is 255 g/mol. The van der Waals surface area contributed by atoms with E-state index in [1.54, 1.807) is 4.90 Å². The Morgan fingerprint density at radius 3 is 2.72 bits per heavy atom. The number of unbranched alkanes of at least 4 members (excludes halogenated alkanes) is 2. The van der Waals surface area contributed by atoms with Gasteiger partial charge in [-0.05, 0) is 25.8 Å². The Balaban J connectivity index is 2.52. The summed E-state index contributed by atoms with van der Waals surface area (Å²) in [7, 11) is 0. The molecule has 2 amide bonds. The number of rotatable bonds is 7. The van der Waals surface area contributed by atoms with E-state index in [0.717, 1.165) is 45.2 Å². The molecule has 0 aromatic carbocycles. The average Bonchev–Trinajstić information content (AvgIpc) is 2.37. The molecule has 0 saturated carbocycles. The highest BCUT2D eigenvalue weighted by molar-refractivity contribution is 5.84. The number of piperidine rings is 1. The molecular formula is C13H25N3O2. The van der Waals surface area contributed by atoms with Crippen molar-refractivity contribution in [3.05, 3.63) is 0 Å². The zero-order valence-electron chi connectivity index (χ0n) is 11.3. The molecule has 1 aliphatic heterocycles. The van der Waals surface area contributed by atoms with Crippen LogP contribution in [-0.2, 0) is 9.59 Å². The standard InChI is InChI=1S/C13H25N3O2/c1-2-3-4-7-13(18)16(10-12(14)17)11-6-5-8-15-9-11/h11,15H,2-10H2,1H3,(H2,14,17). The van der Waals surface area contributed by atoms with Crippen molar-refractivity contribution in [1.82, 2.24) is 10.2 Å². The van der Waals surface area contributed by atoms with Crippen LogP contribution in [0.5, 0.6) is 0 Å². The quantitative estimate of drug-likeness (QED) is 0.655. The van der Waals surface area contributed by atoms with E-state index in [0.29, 0.717) is 6.42 Å². The molecule has 5 heteroatoms. The number of hydrogen-bond donors (Lipinski definition) is 2. The summed E-state index contributed by atoms with van der Waals surface area (Å²) in [5.41, 5.74) is 5.24. The van der Waals surface area contributed by atoms with Crippen LogP contribution in [0.1, 0.15) is 45.4 Å². The van der Waals surface area contributed by atoms with Crippen molar-refractivity contribution in [3.8, 4) is 0 Å². The van der Waals surface area contributed by atoms with Crippen molar-refractivity contribution < 1.29 is 9.59 Å². The molecule has 1 saturated heterocycles. The fraction of sp³-hybridized carbons (Fsp3) is 0.846. The first kappa shape index (κ1) is 15.0. The predicted octanol–water partition coefficient (Wildman–Crippen LogP) is 0.633. The number of primary amides is 1. The van der Waals surface area contributed by atoms with Crippen LogP contribution < -0.4 is 11.1 Å². The highest BCUT2D eigenvalue weighted by Crippen LogP contribution is 2.13. The molecule has 1 rings (SSSR count). The first-order valence-corrected chi connectivity index (χ1v) is 6.93. The highest BCUT2D eigenvalue weighted by Gasteiger charge is 2.25. The molecule has 0 aliphatic carbocycles. The van der Waals surface area contributed by atoms with Crippen LogP contribution >= 0.6 is 0 Å². The second-order valence-corrected chi connectivity index (χ2v) is 4.95. The zero-order valence-corrected chi connectivity index (χ0v) is 11.3. The normalized spacial score (nSPS) is 19.5. The van der Waals surface area contributed by atoms with E-state index in [2.05, 4.69) is 12.2 Å². The number of carbonyl (C=O) groups is 2. The van der Waals surface area contributed by atoms with E-state index in [4.69, 9.17) is 5.73 Å². The number of nitrogens with two attached hydrogens (primary N) is 1.